The molecule has 2 heterocycles. The van der Waals surface area contributed by atoms with E-state index in [1.165, 1.54) is 11.3 Å². The van der Waals surface area contributed by atoms with E-state index in [1.807, 2.05) is 11.9 Å². The van der Waals surface area contributed by atoms with Crippen molar-refractivity contribution < 1.29 is 9.84 Å². The van der Waals surface area contributed by atoms with Crippen molar-refractivity contribution in [2.24, 2.45) is 0 Å². The molecule has 0 radical (unpaired) electrons. The van der Waals surface area contributed by atoms with Crippen LogP contribution in [0, 0.1) is 0 Å². The number of nitrogens with zero attached hydrogens (tertiary/aromatic N) is 3. The molecule has 1 aliphatic heterocycles. The highest BCUT2D eigenvalue weighted by Crippen LogP contribution is 2.24. The fourth-order valence-electron chi connectivity index (χ4n) is 1.75. The minimum absolute atomic E-state index is 0.589. The van der Waals surface area contributed by atoms with Crippen molar-refractivity contribution in [1.29, 1.82) is 0 Å². The van der Waals surface area contributed by atoms with E-state index in [-0.39, 0.29) is 0 Å². The van der Waals surface area contributed by atoms with E-state index in [9.17, 15) is 5.11 Å². The molecule has 2 rings (SSSR count). The van der Waals surface area contributed by atoms with Gasteiger partial charge in [-0.2, -0.15) is 0 Å². The molecule has 84 valence electrons. The van der Waals surface area contributed by atoms with Gasteiger partial charge in [-0.05, 0) is 0 Å². The third-order valence-corrected chi connectivity index (χ3v) is 3.43. The summed E-state index contributed by atoms with van der Waals surface area (Å²) in [4.78, 5) is 1.95. The quantitative estimate of drug-likeness (QED) is 0.818. The number of rotatable bonds is 3. The van der Waals surface area contributed by atoms with E-state index >= 15 is 0 Å². The van der Waals surface area contributed by atoms with Crippen LogP contribution in [0.1, 0.15) is 12.8 Å². The van der Waals surface area contributed by atoms with Gasteiger partial charge in [0.05, 0.1) is 5.60 Å². The monoisotopic (exact) mass is 229 g/mol. The normalized spacial score (nSPS) is 20.1. The minimum atomic E-state index is -0.640. The smallest absolute Gasteiger partial charge is 0.207 e. The summed E-state index contributed by atoms with van der Waals surface area (Å²) in [6.45, 7) is 1.87. The van der Waals surface area contributed by atoms with Crippen LogP contribution in [0.5, 0.6) is 0 Å². The fourth-order valence-corrected chi connectivity index (χ4v) is 2.28. The molecule has 0 spiro atoms. The molecule has 5 nitrogen and oxygen atoms in total. The molecule has 0 amide bonds. The average molecular weight is 229 g/mol. The van der Waals surface area contributed by atoms with Crippen molar-refractivity contribution in [2.45, 2.75) is 18.4 Å². The van der Waals surface area contributed by atoms with Gasteiger partial charge < -0.3 is 14.7 Å². The lowest BCUT2D eigenvalue weighted by atomic mass is 9.94. The zero-order valence-corrected chi connectivity index (χ0v) is 9.53. The summed E-state index contributed by atoms with van der Waals surface area (Å²) in [5.74, 6) is 0. The van der Waals surface area contributed by atoms with Gasteiger partial charge in [0.15, 0.2) is 0 Å². The summed E-state index contributed by atoms with van der Waals surface area (Å²) in [5.41, 5.74) is 1.05. The number of hydrogen-bond donors (Lipinski definition) is 1. The number of anilines is 1. The van der Waals surface area contributed by atoms with Gasteiger partial charge in [0.2, 0.25) is 5.13 Å². The van der Waals surface area contributed by atoms with Gasteiger partial charge in [0.25, 0.3) is 0 Å². The van der Waals surface area contributed by atoms with Crippen LogP contribution >= 0.6 is 11.3 Å². The molecular formula is C9H15N3O2S. The number of hydrogen-bond acceptors (Lipinski definition) is 6. The summed E-state index contributed by atoms with van der Waals surface area (Å²) in [5, 5.41) is 18.9. The summed E-state index contributed by atoms with van der Waals surface area (Å²) >= 11 is 1.48. The highest BCUT2D eigenvalue weighted by molar-refractivity contribution is 7.13. The van der Waals surface area contributed by atoms with Crippen molar-refractivity contribution in [3.8, 4) is 0 Å². The number of aliphatic hydroxyl groups is 1. The highest BCUT2D eigenvalue weighted by Gasteiger charge is 2.31. The second kappa shape index (κ2) is 4.42. The molecule has 1 fully saturated rings. The van der Waals surface area contributed by atoms with Crippen LogP contribution in [-0.2, 0) is 4.74 Å². The predicted molar refractivity (Wildman–Crippen MR) is 58.2 cm³/mol. The second-order valence-corrected chi connectivity index (χ2v) is 4.73. The topological polar surface area (TPSA) is 58.5 Å². The first-order valence-corrected chi connectivity index (χ1v) is 5.85. The molecule has 15 heavy (non-hydrogen) atoms. The largest absolute Gasteiger partial charge is 0.388 e. The minimum Gasteiger partial charge on any atom is -0.388 e. The molecule has 0 saturated carbocycles. The van der Waals surface area contributed by atoms with Crippen LogP contribution in [-0.4, -0.2) is 47.7 Å². The Hall–Kier alpha value is -0.720. The molecule has 6 heteroatoms. The maximum Gasteiger partial charge on any atom is 0.207 e. The lowest BCUT2D eigenvalue weighted by Crippen LogP contribution is -2.45. The molecule has 0 unspecified atom stereocenters. The molecule has 1 aromatic heterocycles. The lowest BCUT2D eigenvalue weighted by Gasteiger charge is -2.35. The van der Waals surface area contributed by atoms with Crippen LogP contribution in [0.15, 0.2) is 5.51 Å². The van der Waals surface area contributed by atoms with Crippen LogP contribution < -0.4 is 4.90 Å². The Balaban J connectivity index is 1.95. The predicted octanol–water partition coefficient (Wildman–Crippen LogP) is 0.516. The lowest BCUT2D eigenvalue weighted by molar-refractivity contribution is -0.0572. The summed E-state index contributed by atoms with van der Waals surface area (Å²) in [7, 11) is 1.92. The highest BCUT2D eigenvalue weighted by atomic mass is 32.1. The van der Waals surface area contributed by atoms with Crippen LogP contribution in [0.2, 0.25) is 0 Å². The SMILES string of the molecule is CN(CC1(O)CCOCC1)c1nncs1. The van der Waals surface area contributed by atoms with Crippen LogP contribution in [0.4, 0.5) is 5.13 Å². The third-order valence-electron chi connectivity index (χ3n) is 2.63. The number of likely N-dealkylation sites (N-methyl/N-ethyl adjacent to an activating group) is 1. The van der Waals surface area contributed by atoms with E-state index < -0.39 is 5.60 Å². The standard InChI is InChI=1S/C9H15N3O2S/c1-12(8-11-10-7-15-8)6-9(13)2-4-14-5-3-9/h7,13H,2-6H2,1H3. The second-order valence-electron chi connectivity index (χ2n) is 3.91. The molecular weight excluding hydrogens is 214 g/mol. The first-order valence-electron chi connectivity index (χ1n) is 4.97. The maximum atomic E-state index is 10.3. The van der Waals surface area contributed by atoms with Crippen molar-refractivity contribution in [3.05, 3.63) is 5.51 Å². The van der Waals surface area contributed by atoms with Crippen molar-refractivity contribution in [3.63, 3.8) is 0 Å². The van der Waals surface area contributed by atoms with Gasteiger partial charge in [0, 0.05) is 39.6 Å². The summed E-state index contributed by atoms with van der Waals surface area (Å²) < 4.78 is 5.23. The Bertz CT molecular complexity index is 298. The van der Waals surface area contributed by atoms with Crippen LogP contribution in [0.25, 0.3) is 0 Å². The van der Waals surface area contributed by atoms with E-state index in [4.69, 9.17) is 4.74 Å². The maximum absolute atomic E-state index is 10.3. The molecule has 0 atom stereocenters. The molecule has 1 saturated heterocycles. The van der Waals surface area contributed by atoms with Crippen LogP contribution in [0.3, 0.4) is 0 Å². The number of ether oxygens (including phenoxy) is 1. The fraction of sp³-hybridized carbons (Fsp3) is 0.778. The zero-order valence-electron chi connectivity index (χ0n) is 8.72. The Morgan fingerprint density at radius 1 is 1.60 bits per heavy atom. The Morgan fingerprint density at radius 3 is 2.93 bits per heavy atom. The van der Waals surface area contributed by atoms with E-state index in [1.54, 1.807) is 5.51 Å². The summed E-state index contributed by atoms with van der Waals surface area (Å²) in [6, 6.07) is 0. The molecule has 1 aromatic rings. The molecule has 1 N–H and O–H groups in total. The van der Waals surface area contributed by atoms with Gasteiger partial charge >= 0.3 is 0 Å². The van der Waals surface area contributed by atoms with Gasteiger partial charge in [-0.15, -0.1) is 10.2 Å². The first-order chi connectivity index (χ1) is 7.20. The Morgan fingerprint density at radius 2 is 2.33 bits per heavy atom. The van der Waals surface area contributed by atoms with E-state index in [2.05, 4.69) is 10.2 Å². The van der Waals surface area contributed by atoms with E-state index in [0.29, 0.717) is 32.6 Å². The molecule has 1 aliphatic rings. The molecule has 0 aromatic carbocycles. The third kappa shape index (κ3) is 2.64. The molecule has 0 aliphatic carbocycles. The van der Waals surface area contributed by atoms with Crippen molar-refractivity contribution >= 4 is 16.5 Å². The number of aromatic nitrogens is 2. The summed E-state index contributed by atoms with van der Waals surface area (Å²) in [6.07, 6.45) is 1.38. The Kier molecular flexibility index (Phi) is 3.18. The van der Waals surface area contributed by atoms with Gasteiger partial charge in [-0.1, -0.05) is 11.3 Å². The van der Waals surface area contributed by atoms with Crippen molar-refractivity contribution in [1.82, 2.24) is 10.2 Å². The van der Waals surface area contributed by atoms with Gasteiger partial charge in [-0.3, -0.25) is 0 Å². The molecule has 0 bridgehead atoms. The first kappa shape index (κ1) is 10.8. The zero-order chi connectivity index (χ0) is 10.7. The van der Waals surface area contributed by atoms with Gasteiger partial charge in [0.1, 0.15) is 5.51 Å². The average Bonchev–Trinajstić information content (AvgIpc) is 2.70. The van der Waals surface area contributed by atoms with Gasteiger partial charge in [-0.25, -0.2) is 0 Å². The Labute approximate surface area is 92.7 Å². The van der Waals surface area contributed by atoms with E-state index in [0.717, 1.165) is 5.13 Å². The van der Waals surface area contributed by atoms with Crippen molar-refractivity contribution in [2.75, 3.05) is 31.7 Å².